The summed E-state index contributed by atoms with van der Waals surface area (Å²) in [7, 11) is 0. The molecule has 11 heavy (non-hydrogen) atoms. The van der Waals surface area contributed by atoms with Gasteiger partial charge in [-0.2, -0.15) is 0 Å². The van der Waals surface area contributed by atoms with Crippen LogP contribution in [0.3, 0.4) is 0 Å². The van der Waals surface area contributed by atoms with Crippen LogP contribution in [0.5, 0.6) is 0 Å². The number of aryl methyl sites for hydroxylation is 1. The van der Waals surface area contributed by atoms with Crippen molar-refractivity contribution in [2.24, 2.45) is 11.7 Å². The minimum absolute atomic E-state index is 0.0798. The summed E-state index contributed by atoms with van der Waals surface area (Å²) in [4.78, 5) is 0. The largest absolute Gasteiger partial charge is 0.359 e. The van der Waals surface area contributed by atoms with Crippen LogP contribution >= 0.6 is 0 Å². The Morgan fingerprint density at radius 2 is 2.45 bits per heavy atom. The molecule has 0 aromatic carbocycles. The molecule has 3 nitrogen and oxygen atoms in total. The normalized spacial score (nSPS) is 20.2. The molecule has 0 radical (unpaired) electrons. The quantitative estimate of drug-likeness (QED) is 0.696. The van der Waals surface area contributed by atoms with E-state index in [0.717, 1.165) is 11.5 Å². The minimum Gasteiger partial charge on any atom is -0.359 e. The van der Waals surface area contributed by atoms with Gasteiger partial charge in [0.1, 0.15) is 0 Å². The van der Waals surface area contributed by atoms with E-state index in [2.05, 4.69) is 5.16 Å². The van der Waals surface area contributed by atoms with Gasteiger partial charge < -0.3 is 10.3 Å². The monoisotopic (exact) mass is 152 g/mol. The highest BCUT2D eigenvalue weighted by molar-refractivity contribution is 5.10. The molecule has 0 unspecified atom stereocenters. The van der Waals surface area contributed by atoms with E-state index in [9.17, 15) is 0 Å². The molecule has 0 saturated heterocycles. The van der Waals surface area contributed by atoms with Gasteiger partial charge in [-0.05, 0) is 25.7 Å². The first-order chi connectivity index (χ1) is 5.27. The first kappa shape index (κ1) is 6.85. The second-order valence-corrected chi connectivity index (χ2v) is 3.23. The highest BCUT2D eigenvalue weighted by Crippen LogP contribution is 2.39. The van der Waals surface area contributed by atoms with Crippen molar-refractivity contribution in [1.29, 1.82) is 0 Å². The van der Waals surface area contributed by atoms with Crippen molar-refractivity contribution in [2.45, 2.75) is 25.8 Å². The topological polar surface area (TPSA) is 52.0 Å². The maximum Gasteiger partial charge on any atom is 0.153 e. The Labute approximate surface area is 65.6 Å². The highest BCUT2D eigenvalue weighted by Gasteiger charge is 2.31. The molecule has 1 atom stereocenters. The third-order valence-corrected chi connectivity index (χ3v) is 2.10. The molecule has 3 heteroatoms. The number of aromatic nitrogens is 1. The molecule has 0 amide bonds. The number of rotatable bonds is 2. The number of nitrogens with zero attached hydrogens (tertiary/aromatic N) is 1. The van der Waals surface area contributed by atoms with Gasteiger partial charge in [0, 0.05) is 6.07 Å². The smallest absolute Gasteiger partial charge is 0.153 e. The summed E-state index contributed by atoms with van der Waals surface area (Å²) in [6, 6.07) is 2.00. The van der Waals surface area contributed by atoms with Crippen molar-refractivity contribution in [2.75, 3.05) is 0 Å². The molecular weight excluding hydrogens is 140 g/mol. The third-order valence-electron chi connectivity index (χ3n) is 2.10. The maximum atomic E-state index is 5.88. The van der Waals surface area contributed by atoms with Gasteiger partial charge in [0.2, 0.25) is 0 Å². The molecule has 0 aliphatic heterocycles. The Morgan fingerprint density at radius 1 is 1.73 bits per heavy atom. The number of hydrogen-bond acceptors (Lipinski definition) is 3. The Bertz CT molecular complexity index is 252. The van der Waals surface area contributed by atoms with E-state index in [1.165, 1.54) is 12.8 Å². The van der Waals surface area contributed by atoms with Gasteiger partial charge in [0.05, 0.1) is 11.7 Å². The van der Waals surface area contributed by atoms with Crippen LogP contribution in [0.25, 0.3) is 0 Å². The van der Waals surface area contributed by atoms with E-state index < -0.39 is 0 Å². The zero-order valence-corrected chi connectivity index (χ0v) is 6.58. The van der Waals surface area contributed by atoms with E-state index in [4.69, 9.17) is 10.3 Å². The van der Waals surface area contributed by atoms with E-state index in [1.54, 1.807) is 0 Å². The predicted molar refractivity (Wildman–Crippen MR) is 40.9 cm³/mol. The van der Waals surface area contributed by atoms with Crippen molar-refractivity contribution in [3.05, 3.63) is 17.5 Å². The number of nitrogens with two attached hydrogens (primary N) is 1. The van der Waals surface area contributed by atoms with Crippen molar-refractivity contribution < 1.29 is 4.52 Å². The van der Waals surface area contributed by atoms with Crippen LogP contribution in [0.15, 0.2) is 10.6 Å². The fraction of sp³-hybridized carbons (Fsp3) is 0.625. The molecule has 0 bridgehead atoms. The second kappa shape index (κ2) is 2.34. The summed E-state index contributed by atoms with van der Waals surface area (Å²) in [5, 5.41) is 3.79. The summed E-state index contributed by atoms with van der Waals surface area (Å²) in [6.07, 6.45) is 2.47. The molecule has 1 saturated carbocycles. The van der Waals surface area contributed by atoms with Crippen LogP contribution in [0, 0.1) is 12.8 Å². The fourth-order valence-corrected chi connectivity index (χ4v) is 1.23. The van der Waals surface area contributed by atoms with Gasteiger partial charge >= 0.3 is 0 Å². The molecule has 1 aromatic rings. The lowest BCUT2D eigenvalue weighted by Gasteiger charge is -2.02. The molecule has 0 spiro atoms. The Balaban J connectivity index is 2.14. The molecule has 1 aliphatic carbocycles. The lowest BCUT2D eigenvalue weighted by Crippen LogP contribution is -2.10. The first-order valence-corrected chi connectivity index (χ1v) is 3.96. The van der Waals surface area contributed by atoms with Crippen molar-refractivity contribution in [3.8, 4) is 0 Å². The van der Waals surface area contributed by atoms with Gasteiger partial charge in [-0.25, -0.2) is 0 Å². The first-order valence-electron chi connectivity index (χ1n) is 3.96. The highest BCUT2D eigenvalue weighted by atomic mass is 16.5. The van der Waals surface area contributed by atoms with Crippen molar-refractivity contribution >= 4 is 0 Å². The minimum atomic E-state index is 0.0798. The van der Waals surface area contributed by atoms with E-state index in [1.807, 2.05) is 13.0 Å². The zero-order valence-electron chi connectivity index (χ0n) is 6.58. The lowest BCUT2D eigenvalue weighted by atomic mass is 10.1. The third kappa shape index (κ3) is 1.28. The molecule has 2 N–H and O–H groups in total. The summed E-state index contributed by atoms with van der Waals surface area (Å²) in [5.74, 6) is 1.48. The van der Waals surface area contributed by atoms with E-state index >= 15 is 0 Å². The van der Waals surface area contributed by atoms with Gasteiger partial charge in [-0.1, -0.05) is 5.16 Å². The second-order valence-electron chi connectivity index (χ2n) is 3.23. The van der Waals surface area contributed by atoms with Crippen LogP contribution < -0.4 is 5.73 Å². The predicted octanol–water partition coefficient (Wildman–Crippen LogP) is 1.39. The SMILES string of the molecule is Cc1cc([C@H](N)C2CC2)on1. The van der Waals surface area contributed by atoms with Crippen LogP contribution in [-0.4, -0.2) is 5.16 Å². The average Bonchev–Trinajstić information content (AvgIpc) is 2.74. The zero-order chi connectivity index (χ0) is 7.84. The van der Waals surface area contributed by atoms with Crippen LogP contribution in [0.1, 0.15) is 30.3 Å². The van der Waals surface area contributed by atoms with Gasteiger partial charge in [-0.3, -0.25) is 0 Å². The number of hydrogen-bond donors (Lipinski definition) is 1. The molecule has 1 fully saturated rings. The molecule has 1 aliphatic rings. The molecular formula is C8H12N2O. The van der Waals surface area contributed by atoms with E-state index in [0.29, 0.717) is 5.92 Å². The fourth-order valence-electron chi connectivity index (χ4n) is 1.23. The Hall–Kier alpha value is -0.830. The average molecular weight is 152 g/mol. The van der Waals surface area contributed by atoms with Crippen LogP contribution in [0.4, 0.5) is 0 Å². The van der Waals surface area contributed by atoms with E-state index in [-0.39, 0.29) is 6.04 Å². The van der Waals surface area contributed by atoms with Gasteiger partial charge in [0.15, 0.2) is 5.76 Å². The summed E-state index contributed by atoms with van der Waals surface area (Å²) < 4.78 is 5.05. The van der Waals surface area contributed by atoms with Gasteiger partial charge in [-0.15, -0.1) is 0 Å². The van der Waals surface area contributed by atoms with Crippen molar-refractivity contribution in [3.63, 3.8) is 0 Å². The molecule has 60 valence electrons. The summed E-state index contributed by atoms with van der Waals surface area (Å²) in [6.45, 7) is 1.91. The van der Waals surface area contributed by atoms with Crippen molar-refractivity contribution in [1.82, 2.24) is 5.16 Å². The molecule has 2 rings (SSSR count). The molecule has 1 aromatic heterocycles. The molecule has 1 heterocycles. The summed E-state index contributed by atoms with van der Waals surface area (Å²) >= 11 is 0. The standard InChI is InChI=1S/C8H12N2O/c1-5-4-7(11-10-5)8(9)6-2-3-6/h4,6,8H,2-3,9H2,1H3/t8-/m1/s1. The van der Waals surface area contributed by atoms with Gasteiger partial charge in [0.25, 0.3) is 0 Å². The summed E-state index contributed by atoms with van der Waals surface area (Å²) in [5.41, 5.74) is 6.79. The Morgan fingerprint density at radius 3 is 2.91 bits per heavy atom. The van der Waals surface area contributed by atoms with Crippen LogP contribution in [0.2, 0.25) is 0 Å². The lowest BCUT2D eigenvalue weighted by molar-refractivity contribution is 0.348. The maximum absolute atomic E-state index is 5.88. The Kier molecular flexibility index (Phi) is 1.46. The van der Waals surface area contributed by atoms with Crippen LogP contribution in [-0.2, 0) is 0 Å².